The van der Waals surface area contributed by atoms with Gasteiger partial charge in [0.15, 0.2) is 11.6 Å². The first-order valence-corrected chi connectivity index (χ1v) is 3.93. The van der Waals surface area contributed by atoms with Crippen LogP contribution in [-0.4, -0.2) is 13.1 Å². The van der Waals surface area contributed by atoms with Gasteiger partial charge in [-0.15, -0.1) is 12.4 Å². The van der Waals surface area contributed by atoms with Gasteiger partial charge in [0.2, 0.25) is 0 Å². The van der Waals surface area contributed by atoms with Gasteiger partial charge in [-0.25, -0.2) is 8.78 Å². The van der Waals surface area contributed by atoms with Gasteiger partial charge in [-0.2, -0.15) is 0 Å². The molecule has 1 saturated heterocycles. The lowest BCUT2D eigenvalue weighted by Gasteiger charge is -2.27. The first-order valence-electron chi connectivity index (χ1n) is 3.93. The van der Waals surface area contributed by atoms with E-state index in [2.05, 4.69) is 5.32 Å². The molecule has 0 aliphatic carbocycles. The summed E-state index contributed by atoms with van der Waals surface area (Å²) in [5, 5.41) is 3.02. The summed E-state index contributed by atoms with van der Waals surface area (Å²) in [6.45, 7) is 1.50. The van der Waals surface area contributed by atoms with Crippen molar-refractivity contribution in [2.24, 2.45) is 0 Å². The molecule has 13 heavy (non-hydrogen) atoms. The molecule has 1 aliphatic heterocycles. The molecule has 1 aromatic rings. The Labute approximate surface area is 81.6 Å². The van der Waals surface area contributed by atoms with Crippen LogP contribution in [-0.2, 0) is 0 Å². The molecule has 0 atom stereocenters. The minimum Gasteiger partial charge on any atom is -0.315 e. The van der Waals surface area contributed by atoms with Crippen molar-refractivity contribution in [1.82, 2.24) is 5.32 Å². The molecule has 1 fully saturated rings. The van der Waals surface area contributed by atoms with E-state index in [1.807, 2.05) is 0 Å². The highest BCUT2D eigenvalue weighted by molar-refractivity contribution is 5.85. The molecule has 1 heterocycles. The Kier molecular flexibility index (Phi) is 3.22. The number of halogens is 3. The molecule has 0 saturated carbocycles. The van der Waals surface area contributed by atoms with Crippen LogP contribution in [0.3, 0.4) is 0 Å². The molecule has 2 rings (SSSR count). The summed E-state index contributed by atoms with van der Waals surface area (Å²) in [7, 11) is 0. The average Bonchev–Trinajstić information content (AvgIpc) is 1.95. The van der Waals surface area contributed by atoms with Crippen molar-refractivity contribution in [3.8, 4) is 0 Å². The Morgan fingerprint density at radius 2 is 1.92 bits per heavy atom. The first kappa shape index (κ1) is 10.4. The van der Waals surface area contributed by atoms with Gasteiger partial charge >= 0.3 is 0 Å². The Hall–Kier alpha value is -0.670. The smallest absolute Gasteiger partial charge is 0.162 e. The highest BCUT2D eigenvalue weighted by atomic mass is 35.5. The van der Waals surface area contributed by atoms with E-state index in [1.54, 1.807) is 12.1 Å². The molecule has 1 N–H and O–H groups in total. The molecule has 1 nitrogen and oxygen atoms in total. The second kappa shape index (κ2) is 4.03. The fourth-order valence-corrected chi connectivity index (χ4v) is 1.34. The Morgan fingerprint density at radius 3 is 2.46 bits per heavy atom. The lowest BCUT2D eigenvalue weighted by Crippen LogP contribution is -2.40. The van der Waals surface area contributed by atoms with Gasteiger partial charge in [0.25, 0.3) is 0 Å². The molecule has 0 aromatic heterocycles. The largest absolute Gasteiger partial charge is 0.315 e. The normalized spacial score (nSPS) is 16.2. The molecule has 0 spiro atoms. The molecule has 72 valence electrons. The van der Waals surface area contributed by atoms with E-state index in [0.717, 1.165) is 19.2 Å². The standard InChI is InChI=1S/C9H9F2N.ClH/c10-8-3-1-2-7(9(8)11)6-4-12-5-6;/h1-3,6,12H,4-5H2;1H. The number of hydrogen-bond acceptors (Lipinski definition) is 1. The molecular weight excluding hydrogens is 196 g/mol. The van der Waals surface area contributed by atoms with Crippen molar-refractivity contribution in [1.29, 1.82) is 0 Å². The van der Waals surface area contributed by atoms with Crippen molar-refractivity contribution in [3.05, 3.63) is 35.4 Å². The predicted molar refractivity (Wildman–Crippen MR) is 49.2 cm³/mol. The Balaban J connectivity index is 0.000000845. The molecular formula is C9H10ClF2N. The average molecular weight is 206 g/mol. The molecule has 0 amide bonds. The molecule has 4 heteroatoms. The summed E-state index contributed by atoms with van der Waals surface area (Å²) in [6, 6.07) is 4.33. The van der Waals surface area contributed by atoms with Crippen molar-refractivity contribution in [2.45, 2.75) is 5.92 Å². The van der Waals surface area contributed by atoms with Gasteiger partial charge in [0.05, 0.1) is 0 Å². The van der Waals surface area contributed by atoms with Crippen LogP contribution in [0.4, 0.5) is 8.78 Å². The van der Waals surface area contributed by atoms with Crippen LogP contribution in [0.25, 0.3) is 0 Å². The van der Waals surface area contributed by atoms with Gasteiger partial charge in [-0.05, 0) is 11.6 Å². The van der Waals surface area contributed by atoms with Crippen LogP contribution < -0.4 is 5.32 Å². The van der Waals surface area contributed by atoms with E-state index >= 15 is 0 Å². The van der Waals surface area contributed by atoms with Crippen LogP contribution in [0.5, 0.6) is 0 Å². The molecule has 1 aromatic carbocycles. The fraction of sp³-hybridized carbons (Fsp3) is 0.333. The van der Waals surface area contributed by atoms with Gasteiger partial charge in [0, 0.05) is 19.0 Å². The van der Waals surface area contributed by atoms with Crippen LogP contribution in [0.15, 0.2) is 18.2 Å². The zero-order chi connectivity index (χ0) is 8.55. The summed E-state index contributed by atoms with van der Waals surface area (Å²) < 4.78 is 25.8. The monoisotopic (exact) mass is 205 g/mol. The van der Waals surface area contributed by atoms with Crippen molar-refractivity contribution >= 4 is 12.4 Å². The third-order valence-corrected chi connectivity index (χ3v) is 2.20. The maximum absolute atomic E-state index is 13.1. The van der Waals surface area contributed by atoms with E-state index in [0.29, 0.717) is 5.56 Å². The number of benzene rings is 1. The molecule has 0 bridgehead atoms. The molecule has 1 aliphatic rings. The summed E-state index contributed by atoms with van der Waals surface area (Å²) in [5.74, 6) is -1.29. The maximum Gasteiger partial charge on any atom is 0.162 e. The van der Waals surface area contributed by atoms with Crippen LogP contribution in [0.2, 0.25) is 0 Å². The van der Waals surface area contributed by atoms with Crippen LogP contribution >= 0.6 is 12.4 Å². The van der Waals surface area contributed by atoms with E-state index in [-0.39, 0.29) is 18.3 Å². The van der Waals surface area contributed by atoms with E-state index < -0.39 is 11.6 Å². The SMILES string of the molecule is Cl.Fc1cccc(C2CNC2)c1F. The first-order chi connectivity index (χ1) is 5.79. The maximum atomic E-state index is 13.1. The van der Waals surface area contributed by atoms with E-state index in [4.69, 9.17) is 0 Å². The number of nitrogens with one attached hydrogen (secondary N) is 1. The molecule has 0 radical (unpaired) electrons. The highest BCUT2D eigenvalue weighted by Crippen LogP contribution is 2.23. The van der Waals surface area contributed by atoms with Gasteiger partial charge in [0.1, 0.15) is 0 Å². The second-order valence-electron chi connectivity index (χ2n) is 3.00. The number of rotatable bonds is 1. The van der Waals surface area contributed by atoms with Gasteiger partial charge in [-0.1, -0.05) is 12.1 Å². The quantitative estimate of drug-likeness (QED) is 0.740. The summed E-state index contributed by atoms with van der Waals surface area (Å²) in [4.78, 5) is 0. The fourth-order valence-electron chi connectivity index (χ4n) is 1.34. The summed E-state index contributed by atoms with van der Waals surface area (Å²) in [5.41, 5.74) is 0.494. The molecule has 0 unspecified atom stereocenters. The lowest BCUT2D eigenvalue weighted by atomic mass is 9.93. The Bertz CT molecular complexity index is 300. The third-order valence-electron chi connectivity index (χ3n) is 2.20. The minimum atomic E-state index is -0.751. The van der Waals surface area contributed by atoms with Crippen LogP contribution in [0, 0.1) is 11.6 Å². The van der Waals surface area contributed by atoms with E-state index in [1.165, 1.54) is 0 Å². The third kappa shape index (κ3) is 1.81. The van der Waals surface area contributed by atoms with E-state index in [9.17, 15) is 8.78 Å². The zero-order valence-electron chi connectivity index (χ0n) is 6.89. The van der Waals surface area contributed by atoms with Gasteiger partial charge in [-0.3, -0.25) is 0 Å². The summed E-state index contributed by atoms with van der Waals surface area (Å²) >= 11 is 0. The number of hydrogen-bond donors (Lipinski definition) is 1. The predicted octanol–water partition coefficient (Wildman–Crippen LogP) is 2.07. The zero-order valence-corrected chi connectivity index (χ0v) is 7.70. The highest BCUT2D eigenvalue weighted by Gasteiger charge is 2.23. The van der Waals surface area contributed by atoms with Crippen LogP contribution in [0.1, 0.15) is 11.5 Å². The lowest BCUT2D eigenvalue weighted by molar-refractivity contribution is 0.416. The Morgan fingerprint density at radius 1 is 1.23 bits per heavy atom. The minimum absolute atomic E-state index is 0. The second-order valence-corrected chi connectivity index (χ2v) is 3.00. The van der Waals surface area contributed by atoms with Crippen molar-refractivity contribution in [3.63, 3.8) is 0 Å². The topological polar surface area (TPSA) is 12.0 Å². The summed E-state index contributed by atoms with van der Waals surface area (Å²) in [6.07, 6.45) is 0. The van der Waals surface area contributed by atoms with Crippen molar-refractivity contribution < 1.29 is 8.78 Å². The van der Waals surface area contributed by atoms with Gasteiger partial charge < -0.3 is 5.32 Å². The van der Waals surface area contributed by atoms with Crippen molar-refractivity contribution in [2.75, 3.05) is 13.1 Å².